The van der Waals surface area contributed by atoms with E-state index < -0.39 is 10.0 Å². The number of pyridine rings is 1. The molecule has 0 bridgehead atoms. The summed E-state index contributed by atoms with van der Waals surface area (Å²) in [5.41, 5.74) is 11.8. The number of nitrogens with zero attached hydrogens (tertiary/aromatic N) is 3. The van der Waals surface area contributed by atoms with Gasteiger partial charge in [-0.15, -0.1) is 0 Å². The Morgan fingerprint density at radius 3 is 2.37 bits per heavy atom. The fraction of sp³-hybridized carbons (Fsp3) is 0.545. The molecule has 0 unspecified atom stereocenters. The molecule has 0 radical (unpaired) electrons. The zero-order valence-electron chi connectivity index (χ0n) is 10.9. The van der Waals surface area contributed by atoms with E-state index in [-0.39, 0.29) is 5.75 Å². The molecule has 7 nitrogen and oxygen atoms in total. The van der Waals surface area contributed by atoms with Crippen LogP contribution in [0.15, 0.2) is 12.1 Å². The molecule has 19 heavy (non-hydrogen) atoms. The minimum Gasteiger partial charge on any atom is -0.396 e. The molecule has 0 amide bonds. The molecule has 0 aromatic carbocycles. The van der Waals surface area contributed by atoms with Crippen LogP contribution in [-0.2, 0) is 10.0 Å². The second-order valence-electron chi connectivity index (χ2n) is 4.43. The molecule has 8 heteroatoms. The van der Waals surface area contributed by atoms with Crippen LogP contribution in [0.25, 0.3) is 0 Å². The number of hydrogen-bond donors (Lipinski definition) is 2. The molecule has 2 rings (SSSR count). The summed E-state index contributed by atoms with van der Waals surface area (Å²) in [6.07, 6.45) is 0. The summed E-state index contributed by atoms with van der Waals surface area (Å²) in [6.45, 7) is 3.82. The summed E-state index contributed by atoms with van der Waals surface area (Å²) >= 11 is 0. The van der Waals surface area contributed by atoms with Crippen LogP contribution in [0.2, 0.25) is 0 Å². The van der Waals surface area contributed by atoms with Crippen molar-refractivity contribution < 1.29 is 8.42 Å². The Labute approximate surface area is 113 Å². The van der Waals surface area contributed by atoms with Crippen molar-refractivity contribution in [1.82, 2.24) is 9.29 Å². The van der Waals surface area contributed by atoms with Gasteiger partial charge in [0.1, 0.15) is 11.6 Å². The van der Waals surface area contributed by atoms with Crippen LogP contribution in [-0.4, -0.2) is 49.6 Å². The molecule has 0 saturated carbocycles. The van der Waals surface area contributed by atoms with Gasteiger partial charge in [-0.25, -0.2) is 13.4 Å². The van der Waals surface area contributed by atoms with Gasteiger partial charge in [-0.2, -0.15) is 4.31 Å². The van der Waals surface area contributed by atoms with Crippen LogP contribution in [0, 0.1) is 0 Å². The van der Waals surface area contributed by atoms with Crippen LogP contribution < -0.4 is 16.4 Å². The molecule has 0 atom stereocenters. The predicted molar refractivity (Wildman–Crippen MR) is 76.3 cm³/mol. The van der Waals surface area contributed by atoms with Gasteiger partial charge in [0, 0.05) is 26.2 Å². The first-order valence-corrected chi connectivity index (χ1v) is 7.79. The third-order valence-corrected chi connectivity index (χ3v) is 5.15. The van der Waals surface area contributed by atoms with Gasteiger partial charge in [-0.05, 0) is 19.1 Å². The molecule has 106 valence electrons. The highest BCUT2D eigenvalue weighted by Crippen LogP contribution is 2.20. The molecule has 1 aliphatic heterocycles. The summed E-state index contributed by atoms with van der Waals surface area (Å²) in [6, 6.07) is 3.52. The van der Waals surface area contributed by atoms with Gasteiger partial charge in [0.05, 0.1) is 11.4 Å². The number of hydrogen-bond acceptors (Lipinski definition) is 6. The van der Waals surface area contributed by atoms with Crippen molar-refractivity contribution in [2.24, 2.45) is 0 Å². The van der Waals surface area contributed by atoms with Crippen molar-refractivity contribution >= 4 is 27.3 Å². The van der Waals surface area contributed by atoms with Gasteiger partial charge in [-0.1, -0.05) is 0 Å². The normalized spacial score (nSPS) is 17.6. The van der Waals surface area contributed by atoms with E-state index in [1.54, 1.807) is 19.1 Å². The molecule has 1 aromatic heterocycles. The summed E-state index contributed by atoms with van der Waals surface area (Å²) in [5, 5.41) is 0. The molecule has 0 aliphatic carbocycles. The van der Waals surface area contributed by atoms with E-state index in [2.05, 4.69) is 4.98 Å². The molecule has 2 heterocycles. The molecule has 1 saturated heterocycles. The number of nitrogens with two attached hydrogens (primary N) is 2. The Kier molecular flexibility index (Phi) is 3.81. The van der Waals surface area contributed by atoms with Gasteiger partial charge >= 0.3 is 0 Å². The number of nitrogen functional groups attached to an aromatic ring is 2. The number of sulfonamides is 1. The first-order valence-electron chi connectivity index (χ1n) is 6.19. The maximum Gasteiger partial charge on any atom is 0.213 e. The van der Waals surface area contributed by atoms with Gasteiger partial charge in [0.2, 0.25) is 10.0 Å². The Morgan fingerprint density at radius 2 is 1.84 bits per heavy atom. The van der Waals surface area contributed by atoms with Crippen LogP contribution in [0.1, 0.15) is 6.92 Å². The van der Waals surface area contributed by atoms with E-state index in [0.29, 0.717) is 37.7 Å². The molecule has 1 aromatic rings. The standard InChI is InChI=1S/C11H19N5O2S/c1-2-19(17,18)16-7-5-15(6-8-16)10-4-3-9(12)11(13)14-10/h3-4H,2,5-8,12H2,1H3,(H2,13,14). The Bertz CT molecular complexity index is 552. The third kappa shape index (κ3) is 2.90. The van der Waals surface area contributed by atoms with E-state index in [9.17, 15) is 8.42 Å². The van der Waals surface area contributed by atoms with E-state index in [1.807, 2.05) is 4.90 Å². The summed E-state index contributed by atoms with van der Waals surface area (Å²) in [5.74, 6) is 1.18. The SMILES string of the molecule is CCS(=O)(=O)N1CCN(c2ccc(N)c(N)n2)CC1. The lowest BCUT2D eigenvalue weighted by Crippen LogP contribution is -2.49. The van der Waals surface area contributed by atoms with Crippen molar-refractivity contribution in [2.45, 2.75) is 6.92 Å². The van der Waals surface area contributed by atoms with Gasteiger partial charge in [-0.3, -0.25) is 0 Å². The zero-order chi connectivity index (χ0) is 14.0. The van der Waals surface area contributed by atoms with Crippen molar-refractivity contribution in [1.29, 1.82) is 0 Å². The number of rotatable bonds is 3. The second-order valence-corrected chi connectivity index (χ2v) is 6.69. The molecular weight excluding hydrogens is 266 g/mol. The summed E-state index contributed by atoms with van der Waals surface area (Å²) in [4.78, 5) is 6.23. The summed E-state index contributed by atoms with van der Waals surface area (Å²) < 4.78 is 25.0. The largest absolute Gasteiger partial charge is 0.396 e. The number of anilines is 3. The van der Waals surface area contributed by atoms with Gasteiger partial charge in [0.15, 0.2) is 0 Å². The second kappa shape index (κ2) is 5.22. The van der Waals surface area contributed by atoms with Crippen molar-refractivity contribution in [3.63, 3.8) is 0 Å². The average Bonchev–Trinajstić information content (AvgIpc) is 2.42. The first kappa shape index (κ1) is 13.9. The predicted octanol–water partition coefficient (Wildman–Crippen LogP) is -0.282. The minimum absolute atomic E-state index is 0.139. The van der Waals surface area contributed by atoms with E-state index in [1.165, 1.54) is 4.31 Å². The van der Waals surface area contributed by atoms with Crippen molar-refractivity contribution in [2.75, 3.05) is 48.3 Å². The highest BCUT2D eigenvalue weighted by molar-refractivity contribution is 7.89. The molecular formula is C11H19N5O2S. The monoisotopic (exact) mass is 285 g/mol. The van der Waals surface area contributed by atoms with Crippen LogP contribution in [0.4, 0.5) is 17.3 Å². The van der Waals surface area contributed by atoms with Crippen LogP contribution in [0.3, 0.4) is 0 Å². The first-order chi connectivity index (χ1) is 8.94. The maximum absolute atomic E-state index is 11.8. The van der Waals surface area contributed by atoms with Gasteiger partial charge < -0.3 is 16.4 Å². The number of aromatic nitrogens is 1. The fourth-order valence-corrected chi connectivity index (χ4v) is 3.11. The van der Waals surface area contributed by atoms with Gasteiger partial charge in [0.25, 0.3) is 0 Å². The quantitative estimate of drug-likeness (QED) is 0.791. The lowest BCUT2D eigenvalue weighted by atomic mass is 10.3. The molecule has 0 spiro atoms. The Balaban J connectivity index is 2.06. The average molecular weight is 285 g/mol. The van der Waals surface area contributed by atoms with E-state index in [0.717, 1.165) is 5.82 Å². The lowest BCUT2D eigenvalue weighted by molar-refractivity contribution is 0.384. The van der Waals surface area contributed by atoms with Crippen LogP contribution >= 0.6 is 0 Å². The lowest BCUT2D eigenvalue weighted by Gasteiger charge is -2.34. The van der Waals surface area contributed by atoms with Crippen LogP contribution in [0.5, 0.6) is 0 Å². The van der Waals surface area contributed by atoms with Crippen molar-refractivity contribution in [3.05, 3.63) is 12.1 Å². The highest BCUT2D eigenvalue weighted by Gasteiger charge is 2.25. The van der Waals surface area contributed by atoms with E-state index in [4.69, 9.17) is 11.5 Å². The topological polar surface area (TPSA) is 106 Å². The Morgan fingerprint density at radius 1 is 1.21 bits per heavy atom. The molecule has 4 N–H and O–H groups in total. The molecule has 1 fully saturated rings. The minimum atomic E-state index is -3.10. The van der Waals surface area contributed by atoms with Crippen molar-refractivity contribution in [3.8, 4) is 0 Å². The third-order valence-electron chi connectivity index (χ3n) is 3.26. The smallest absolute Gasteiger partial charge is 0.213 e. The zero-order valence-corrected chi connectivity index (χ0v) is 11.7. The van der Waals surface area contributed by atoms with E-state index >= 15 is 0 Å². The number of piperazine rings is 1. The summed E-state index contributed by atoms with van der Waals surface area (Å²) in [7, 11) is -3.10. The fourth-order valence-electron chi connectivity index (χ4n) is 2.03. The Hall–Kier alpha value is -1.54. The molecule has 1 aliphatic rings. The highest BCUT2D eigenvalue weighted by atomic mass is 32.2. The maximum atomic E-state index is 11.8.